The normalized spacial score (nSPS) is 27.4. The smallest absolute Gasteiger partial charge is 0.285 e. The molecule has 3 aliphatic heterocycles. The number of rotatable bonds is 3. The molecule has 2 aromatic rings. The quantitative estimate of drug-likeness (QED) is 0.598. The molecule has 0 aliphatic carbocycles. The first kappa shape index (κ1) is 24.6. The molecule has 1 aromatic heterocycles. The number of aromatic nitrogens is 1. The number of nitrogens with zero attached hydrogens (tertiary/aromatic N) is 3. The van der Waals surface area contributed by atoms with Crippen molar-refractivity contribution in [3.05, 3.63) is 59.3 Å². The van der Waals surface area contributed by atoms with Gasteiger partial charge in [0.05, 0.1) is 24.2 Å². The van der Waals surface area contributed by atoms with Crippen molar-refractivity contribution in [1.82, 2.24) is 20.1 Å². The van der Waals surface area contributed by atoms with E-state index < -0.39 is 30.2 Å². The maximum absolute atomic E-state index is 14.6. The fourth-order valence-corrected chi connectivity index (χ4v) is 5.54. The van der Waals surface area contributed by atoms with Gasteiger partial charge < -0.3 is 25.5 Å². The molecule has 36 heavy (non-hydrogen) atoms. The van der Waals surface area contributed by atoms with Crippen LogP contribution in [0.25, 0.3) is 0 Å². The number of nitrogens with one attached hydrogen (secondary N) is 2. The lowest BCUT2D eigenvalue weighted by molar-refractivity contribution is -0.140. The van der Waals surface area contributed by atoms with Crippen LogP contribution in [-0.4, -0.2) is 81.5 Å². The van der Waals surface area contributed by atoms with Crippen LogP contribution in [-0.2, 0) is 17.8 Å². The fraction of sp³-hybridized carbons (Fsp3) is 0.500. The van der Waals surface area contributed by atoms with Gasteiger partial charge >= 0.3 is 0 Å². The summed E-state index contributed by atoms with van der Waals surface area (Å²) in [6.07, 6.45) is 2.05. The van der Waals surface area contributed by atoms with E-state index in [0.29, 0.717) is 31.5 Å². The highest BCUT2D eigenvalue weighted by molar-refractivity contribution is 5.95. The van der Waals surface area contributed by atoms with E-state index in [1.54, 1.807) is 11.0 Å². The number of aliphatic hydroxyl groups excluding tert-OH is 1. The van der Waals surface area contributed by atoms with Gasteiger partial charge in [0.25, 0.3) is 11.8 Å². The number of hydrogen-bond acceptors (Lipinski definition) is 6. The van der Waals surface area contributed by atoms with Gasteiger partial charge in [-0.25, -0.2) is 13.8 Å². The minimum atomic E-state index is -3.12. The second-order valence-corrected chi connectivity index (χ2v) is 10.1. The third-order valence-corrected chi connectivity index (χ3v) is 7.77. The summed E-state index contributed by atoms with van der Waals surface area (Å²) in [5.41, 5.74) is 2.28. The van der Waals surface area contributed by atoms with E-state index in [4.69, 9.17) is 0 Å². The molecule has 8 nitrogen and oxygen atoms in total. The van der Waals surface area contributed by atoms with Gasteiger partial charge in [0.15, 0.2) is 0 Å². The van der Waals surface area contributed by atoms with Crippen LogP contribution in [0.3, 0.4) is 0 Å². The molecule has 2 saturated heterocycles. The number of piperidine rings is 2. The largest absolute Gasteiger partial charge is 0.389 e. The molecule has 0 radical (unpaired) electrons. The summed E-state index contributed by atoms with van der Waals surface area (Å²) in [7, 11) is 0. The van der Waals surface area contributed by atoms with Crippen molar-refractivity contribution in [2.45, 2.75) is 56.3 Å². The number of carbonyl (C=O) groups excluding carboxylic acids is 2. The summed E-state index contributed by atoms with van der Waals surface area (Å²) in [5, 5.41) is 17.3. The molecule has 3 aliphatic rings. The van der Waals surface area contributed by atoms with Crippen LogP contribution in [0.15, 0.2) is 42.6 Å². The highest BCUT2D eigenvalue weighted by Gasteiger charge is 2.46. The maximum atomic E-state index is 14.6. The Kier molecular flexibility index (Phi) is 6.42. The summed E-state index contributed by atoms with van der Waals surface area (Å²) in [6.45, 7) is 2.19. The first-order valence-electron chi connectivity index (χ1n) is 12.3. The van der Waals surface area contributed by atoms with Crippen molar-refractivity contribution in [1.29, 1.82) is 0 Å². The molecule has 3 N–H and O–H groups in total. The zero-order valence-corrected chi connectivity index (χ0v) is 20.2. The summed E-state index contributed by atoms with van der Waals surface area (Å²) < 4.78 is 29.3. The highest BCUT2D eigenvalue weighted by Crippen LogP contribution is 2.33. The predicted octanol–water partition coefficient (Wildman–Crippen LogP) is 2.04. The number of β-amino-alcohol motifs (C(OH)–C–C–N with tert-alkyl or cyclic N) is 1. The maximum Gasteiger partial charge on any atom is 0.285 e. The van der Waals surface area contributed by atoms with Gasteiger partial charge in [-0.15, -0.1) is 0 Å². The van der Waals surface area contributed by atoms with Crippen molar-refractivity contribution in [2.24, 2.45) is 0 Å². The Hall–Kier alpha value is -3.11. The second-order valence-electron chi connectivity index (χ2n) is 10.1. The Bertz CT molecular complexity index is 1160. The molecular weight excluding hydrogens is 468 g/mol. The summed E-state index contributed by atoms with van der Waals surface area (Å²) in [5.74, 6) is -3.59. The molecule has 3 atom stereocenters. The van der Waals surface area contributed by atoms with Gasteiger partial charge in [-0.1, -0.05) is 24.3 Å². The zero-order chi connectivity index (χ0) is 25.5. The van der Waals surface area contributed by atoms with Crippen LogP contribution in [0.1, 0.15) is 41.3 Å². The molecule has 0 saturated carbocycles. The molecule has 10 heteroatoms. The number of pyridine rings is 1. The molecule has 4 heterocycles. The van der Waals surface area contributed by atoms with Crippen molar-refractivity contribution in [2.75, 3.05) is 31.5 Å². The summed E-state index contributed by atoms with van der Waals surface area (Å²) in [6, 6.07) is 10.0. The van der Waals surface area contributed by atoms with Crippen molar-refractivity contribution < 1.29 is 23.5 Å². The lowest BCUT2D eigenvalue weighted by atomic mass is 9.76. The summed E-state index contributed by atoms with van der Waals surface area (Å²) in [4.78, 5) is 31.6. The molecule has 1 spiro atoms. The van der Waals surface area contributed by atoms with Gasteiger partial charge in [-0.3, -0.25) is 9.59 Å². The molecule has 0 bridgehead atoms. The van der Waals surface area contributed by atoms with Crippen molar-refractivity contribution in [3.8, 4) is 0 Å². The van der Waals surface area contributed by atoms with Gasteiger partial charge in [0.2, 0.25) is 5.91 Å². The monoisotopic (exact) mass is 499 g/mol. The Labute approximate surface area is 208 Å². The number of alkyl halides is 2. The number of carbonyl (C=O) groups is 2. The van der Waals surface area contributed by atoms with E-state index in [2.05, 4.69) is 27.8 Å². The first-order chi connectivity index (χ1) is 17.2. The van der Waals surface area contributed by atoms with Gasteiger partial charge in [-0.2, -0.15) is 0 Å². The number of anilines is 1. The van der Waals surface area contributed by atoms with Gasteiger partial charge in [0, 0.05) is 44.9 Å². The van der Waals surface area contributed by atoms with Crippen LogP contribution < -0.4 is 10.6 Å². The number of benzene rings is 1. The second kappa shape index (κ2) is 9.40. The number of amides is 2. The topological polar surface area (TPSA) is 97.8 Å². The van der Waals surface area contributed by atoms with Crippen LogP contribution in [0, 0.1) is 0 Å². The lowest BCUT2D eigenvalue weighted by Crippen LogP contribution is -2.65. The van der Waals surface area contributed by atoms with Crippen LogP contribution >= 0.6 is 0 Å². The minimum Gasteiger partial charge on any atom is -0.389 e. The molecular formula is C26H31F2N5O3. The standard InChI is InChI=1S/C26H31F2N5O3/c1-17(34)33-10-7-21(26(27,28)16-33)31-23-12-18(6-9-29-23)24(36)32-11-8-25(22(35)15-32)13-19-4-2-3-5-20(19)14-30-25/h2-6,9,12,21-22,30,35H,7-8,10-11,13-16H2,1H3,(H,29,31)/t21?,22-,25+/m1/s1. The molecule has 192 valence electrons. The van der Waals surface area contributed by atoms with E-state index in [1.807, 2.05) is 12.1 Å². The lowest BCUT2D eigenvalue weighted by Gasteiger charge is -2.48. The molecule has 2 fully saturated rings. The van der Waals surface area contributed by atoms with E-state index in [-0.39, 0.29) is 37.1 Å². The molecule has 1 unspecified atom stereocenters. The van der Waals surface area contributed by atoms with E-state index in [1.165, 1.54) is 30.3 Å². The van der Waals surface area contributed by atoms with Crippen LogP contribution in [0.4, 0.5) is 14.6 Å². The number of aliphatic hydroxyl groups is 1. The average molecular weight is 500 g/mol. The Morgan fingerprint density at radius 3 is 2.67 bits per heavy atom. The predicted molar refractivity (Wildman–Crippen MR) is 130 cm³/mol. The SMILES string of the molecule is CC(=O)N1CCC(Nc2cc(C(=O)N3CC[C@]4(Cc5ccccc5CN4)[C@H](O)C3)ccn2)C(F)(F)C1. The third-order valence-electron chi connectivity index (χ3n) is 7.77. The Morgan fingerprint density at radius 1 is 1.17 bits per heavy atom. The number of likely N-dealkylation sites (tertiary alicyclic amines) is 2. The third kappa shape index (κ3) is 4.67. The van der Waals surface area contributed by atoms with E-state index in [9.17, 15) is 23.5 Å². The molecule has 1 aromatic carbocycles. The van der Waals surface area contributed by atoms with Crippen molar-refractivity contribution >= 4 is 17.6 Å². The molecule has 2 amide bonds. The average Bonchev–Trinajstić information content (AvgIpc) is 2.86. The minimum absolute atomic E-state index is 0.0724. The molecule has 5 rings (SSSR count). The highest BCUT2D eigenvalue weighted by atomic mass is 19.3. The van der Waals surface area contributed by atoms with E-state index >= 15 is 0 Å². The number of halogens is 2. The van der Waals surface area contributed by atoms with E-state index in [0.717, 1.165) is 4.90 Å². The van der Waals surface area contributed by atoms with Crippen LogP contribution in [0.2, 0.25) is 0 Å². The fourth-order valence-electron chi connectivity index (χ4n) is 5.54. The van der Waals surface area contributed by atoms with Gasteiger partial charge in [-0.05, 0) is 42.5 Å². The number of hydrogen-bond donors (Lipinski definition) is 3. The first-order valence-corrected chi connectivity index (χ1v) is 12.3. The van der Waals surface area contributed by atoms with Gasteiger partial charge in [0.1, 0.15) is 5.82 Å². The zero-order valence-electron chi connectivity index (χ0n) is 20.2. The Morgan fingerprint density at radius 2 is 1.94 bits per heavy atom. The summed E-state index contributed by atoms with van der Waals surface area (Å²) >= 11 is 0. The van der Waals surface area contributed by atoms with Crippen LogP contribution in [0.5, 0.6) is 0 Å². The van der Waals surface area contributed by atoms with Crippen molar-refractivity contribution in [3.63, 3.8) is 0 Å². The number of fused-ring (bicyclic) bond motifs is 1. The Balaban J connectivity index is 1.24.